The van der Waals surface area contributed by atoms with Crippen LogP contribution in [0.25, 0.3) is 0 Å². The Morgan fingerprint density at radius 2 is 2.00 bits per heavy atom. The van der Waals surface area contributed by atoms with Crippen LogP contribution in [0.5, 0.6) is 0 Å². The molecule has 0 aromatic carbocycles. The molecule has 0 aliphatic carbocycles. The van der Waals surface area contributed by atoms with E-state index in [-0.39, 0.29) is 2.27 Å². The van der Waals surface area contributed by atoms with Crippen LogP contribution in [0.1, 0.15) is 6.42 Å². The van der Waals surface area contributed by atoms with E-state index >= 15 is 0 Å². The van der Waals surface area contributed by atoms with Crippen LogP contribution in [0, 0.1) is 0 Å². The standard InChI is InChI=1S/C5H6Br3N/c6-5(7,8)9-3-1-2-4-9/h1,3H,2,4H2. The lowest BCUT2D eigenvalue weighted by molar-refractivity contribution is 0.447. The van der Waals surface area contributed by atoms with Crippen molar-refractivity contribution < 1.29 is 0 Å². The zero-order valence-electron chi connectivity index (χ0n) is 4.65. The van der Waals surface area contributed by atoms with E-state index in [2.05, 4.69) is 65.0 Å². The van der Waals surface area contributed by atoms with Gasteiger partial charge in [0.1, 0.15) is 0 Å². The summed E-state index contributed by atoms with van der Waals surface area (Å²) in [6.45, 7) is 1.06. The second-order valence-corrected chi connectivity index (χ2v) is 8.47. The lowest BCUT2D eigenvalue weighted by Gasteiger charge is -2.25. The van der Waals surface area contributed by atoms with Gasteiger partial charge in [-0.05, 0) is 60.4 Å². The number of halogens is 3. The second-order valence-electron chi connectivity index (χ2n) is 1.83. The van der Waals surface area contributed by atoms with Crippen LogP contribution in [0.15, 0.2) is 12.3 Å². The maximum absolute atomic E-state index is 3.41. The van der Waals surface area contributed by atoms with Crippen molar-refractivity contribution in [2.24, 2.45) is 0 Å². The first-order chi connectivity index (χ1) is 4.11. The SMILES string of the molecule is BrC(Br)(Br)N1C=CCC1. The summed E-state index contributed by atoms with van der Waals surface area (Å²) in [5.41, 5.74) is 0. The highest BCUT2D eigenvalue weighted by Gasteiger charge is 2.25. The van der Waals surface area contributed by atoms with Crippen LogP contribution in [-0.4, -0.2) is 13.7 Å². The van der Waals surface area contributed by atoms with Gasteiger partial charge >= 0.3 is 0 Å². The van der Waals surface area contributed by atoms with E-state index in [4.69, 9.17) is 0 Å². The fraction of sp³-hybridized carbons (Fsp3) is 0.600. The molecule has 0 aromatic heterocycles. The molecule has 0 bridgehead atoms. The van der Waals surface area contributed by atoms with Crippen molar-refractivity contribution in [2.45, 2.75) is 8.69 Å². The summed E-state index contributed by atoms with van der Waals surface area (Å²) in [5.74, 6) is 0. The van der Waals surface area contributed by atoms with E-state index in [1.165, 1.54) is 0 Å². The Hall–Kier alpha value is 0.980. The molecule has 1 aliphatic heterocycles. The molecule has 0 saturated carbocycles. The molecule has 1 rings (SSSR count). The molecule has 4 heteroatoms. The molecule has 1 nitrogen and oxygen atoms in total. The van der Waals surface area contributed by atoms with E-state index in [1.54, 1.807) is 0 Å². The lowest BCUT2D eigenvalue weighted by Crippen LogP contribution is -2.26. The van der Waals surface area contributed by atoms with Crippen LogP contribution in [0.2, 0.25) is 0 Å². The van der Waals surface area contributed by atoms with E-state index in [0.717, 1.165) is 13.0 Å². The molecule has 0 saturated heterocycles. The zero-order chi connectivity index (χ0) is 6.91. The predicted octanol–water partition coefficient (Wildman–Crippen LogP) is 3.00. The summed E-state index contributed by atoms with van der Waals surface area (Å²) in [6, 6.07) is 0. The fourth-order valence-electron chi connectivity index (χ4n) is 0.701. The Bertz CT molecular complexity index is 127. The Morgan fingerprint density at radius 1 is 1.33 bits per heavy atom. The molecule has 0 unspecified atom stereocenters. The van der Waals surface area contributed by atoms with Crippen molar-refractivity contribution in [1.82, 2.24) is 4.90 Å². The fourth-order valence-corrected chi connectivity index (χ4v) is 1.59. The van der Waals surface area contributed by atoms with Crippen molar-refractivity contribution in [3.8, 4) is 0 Å². The van der Waals surface area contributed by atoms with Crippen molar-refractivity contribution in [3.63, 3.8) is 0 Å². The summed E-state index contributed by atoms with van der Waals surface area (Å²) in [4.78, 5) is 2.12. The minimum absolute atomic E-state index is 0.236. The number of nitrogens with zero attached hydrogens (tertiary/aromatic N) is 1. The molecule has 1 heterocycles. The predicted molar refractivity (Wildman–Crippen MR) is 50.0 cm³/mol. The van der Waals surface area contributed by atoms with Gasteiger partial charge in [0, 0.05) is 6.54 Å². The third kappa shape index (κ3) is 2.24. The maximum Gasteiger partial charge on any atom is 0.206 e. The summed E-state index contributed by atoms with van der Waals surface area (Å²) >= 11 is 10.2. The molecular weight excluding hydrogens is 314 g/mol. The van der Waals surface area contributed by atoms with E-state index in [1.807, 2.05) is 0 Å². The molecular formula is C5H6Br3N. The van der Waals surface area contributed by atoms with Crippen molar-refractivity contribution >= 4 is 47.8 Å². The van der Waals surface area contributed by atoms with Crippen LogP contribution in [0.4, 0.5) is 0 Å². The average Bonchev–Trinajstić information content (AvgIpc) is 2.08. The Labute approximate surface area is 79.9 Å². The van der Waals surface area contributed by atoms with Gasteiger partial charge in [-0.2, -0.15) is 0 Å². The highest BCUT2D eigenvalue weighted by Crippen LogP contribution is 2.38. The minimum atomic E-state index is -0.236. The van der Waals surface area contributed by atoms with E-state index in [0.29, 0.717) is 0 Å². The molecule has 52 valence electrons. The number of hydrogen-bond donors (Lipinski definition) is 0. The van der Waals surface area contributed by atoms with Gasteiger partial charge in [-0.3, -0.25) is 0 Å². The first kappa shape index (κ1) is 8.08. The van der Waals surface area contributed by atoms with Gasteiger partial charge in [0.05, 0.1) is 0 Å². The highest BCUT2D eigenvalue weighted by atomic mass is 80.0. The molecule has 1 aliphatic rings. The largest absolute Gasteiger partial charge is 0.345 e. The van der Waals surface area contributed by atoms with Gasteiger partial charge in [0.15, 0.2) is 0 Å². The summed E-state index contributed by atoms with van der Waals surface area (Å²) in [7, 11) is 0. The Kier molecular flexibility index (Phi) is 2.63. The van der Waals surface area contributed by atoms with Crippen LogP contribution in [0.3, 0.4) is 0 Å². The number of rotatable bonds is 0. The molecule has 0 amide bonds. The van der Waals surface area contributed by atoms with Crippen molar-refractivity contribution in [1.29, 1.82) is 0 Å². The normalized spacial score (nSPS) is 19.2. The molecule has 0 aromatic rings. The third-order valence-electron chi connectivity index (χ3n) is 1.15. The Balaban J connectivity index is 2.53. The monoisotopic (exact) mass is 317 g/mol. The second kappa shape index (κ2) is 2.93. The third-order valence-corrected chi connectivity index (χ3v) is 2.51. The quantitative estimate of drug-likeness (QED) is 0.490. The smallest absolute Gasteiger partial charge is 0.206 e. The van der Waals surface area contributed by atoms with Gasteiger partial charge in [0.25, 0.3) is 0 Å². The molecule has 0 N–H and O–H groups in total. The van der Waals surface area contributed by atoms with Gasteiger partial charge < -0.3 is 4.90 Å². The zero-order valence-corrected chi connectivity index (χ0v) is 9.41. The van der Waals surface area contributed by atoms with Crippen molar-refractivity contribution in [2.75, 3.05) is 6.54 Å². The molecule has 0 atom stereocenters. The van der Waals surface area contributed by atoms with E-state index < -0.39 is 0 Å². The van der Waals surface area contributed by atoms with Crippen LogP contribution >= 0.6 is 47.8 Å². The molecule has 0 radical (unpaired) electrons. The summed E-state index contributed by atoms with van der Waals surface area (Å²) in [6.07, 6.45) is 5.32. The summed E-state index contributed by atoms with van der Waals surface area (Å²) in [5, 5.41) is 0. The first-order valence-corrected chi connectivity index (χ1v) is 4.99. The first-order valence-electron chi connectivity index (χ1n) is 2.61. The number of alkyl halides is 3. The van der Waals surface area contributed by atoms with E-state index in [9.17, 15) is 0 Å². The van der Waals surface area contributed by atoms with Crippen LogP contribution in [-0.2, 0) is 0 Å². The topological polar surface area (TPSA) is 3.24 Å². The molecule has 9 heavy (non-hydrogen) atoms. The van der Waals surface area contributed by atoms with Crippen molar-refractivity contribution in [3.05, 3.63) is 12.3 Å². The van der Waals surface area contributed by atoms with Gasteiger partial charge in [-0.1, -0.05) is 6.08 Å². The molecule has 0 fully saturated rings. The average molecular weight is 320 g/mol. The molecule has 0 spiro atoms. The summed E-state index contributed by atoms with van der Waals surface area (Å²) < 4.78 is -0.236. The Morgan fingerprint density at radius 3 is 2.22 bits per heavy atom. The van der Waals surface area contributed by atoms with Gasteiger partial charge in [-0.15, -0.1) is 0 Å². The minimum Gasteiger partial charge on any atom is -0.345 e. The maximum atomic E-state index is 3.41. The number of hydrogen-bond acceptors (Lipinski definition) is 1. The highest BCUT2D eigenvalue weighted by molar-refractivity contribution is 9.39. The van der Waals surface area contributed by atoms with Gasteiger partial charge in [0.2, 0.25) is 2.27 Å². The van der Waals surface area contributed by atoms with Gasteiger partial charge in [-0.25, -0.2) is 0 Å². The lowest BCUT2D eigenvalue weighted by atomic mass is 10.5. The van der Waals surface area contributed by atoms with Crippen LogP contribution < -0.4 is 0 Å².